The molecule has 4 fully saturated rings. The van der Waals surface area contributed by atoms with Gasteiger partial charge in [0.1, 0.15) is 0 Å². The molecule has 1 aliphatic heterocycles. The molecule has 7 atom stereocenters. The van der Waals surface area contributed by atoms with Crippen molar-refractivity contribution >= 4 is 0 Å². The molecule has 0 amide bonds. The number of epoxide rings is 1. The van der Waals surface area contributed by atoms with E-state index in [0.717, 1.165) is 29.6 Å². The smallest absolute Gasteiger partial charge is 0.0844 e. The Morgan fingerprint density at radius 3 is 2.50 bits per heavy atom. The second-order valence-electron chi connectivity index (χ2n) is 5.81. The molecule has 4 aliphatic rings. The summed E-state index contributed by atoms with van der Waals surface area (Å²) in [4.78, 5) is 0. The molecule has 1 nitrogen and oxygen atoms in total. The van der Waals surface area contributed by atoms with Crippen molar-refractivity contribution in [1.82, 2.24) is 0 Å². The van der Waals surface area contributed by atoms with Crippen LogP contribution in [-0.2, 0) is 4.74 Å². The van der Waals surface area contributed by atoms with Crippen molar-refractivity contribution in [1.29, 1.82) is 0 Å². The summed E-state index contributed by atoms with van der Waals surface area (Å²) in [6.45, 7) is 4.00. The van der Waals surface area contributed by atoms with E-state index in [9.17, 15) is 0 Å². The molecule has 0 radical (unpaired) electrons. The maximum Gasteiger partial charge on any atom is 0.0844 e. The summed E-state index contributed by atoms with van der Waals surface area (Å²) in [6.07, 6.45) is 9.28. The molecular formula is C13H18O. The van der Waals surface area contributed by atoms with Gasteiger partial charge in [0.05, 0.1) is 12.2 Å². The van der Waals surface area contributed by atoms with E-state index in [2.05, 4.69) is 12.7 Å². The molecule has 4 rings (SSSR count). The summed E-state index contributed by atoms with van der Waals surface area (Å²) in [5.74, 6) is 4.88. The van der Waals surface area contributed by atoms with Crippen molar-refractivity contribution in [2.45, 2.75) is 37.9 Å². The first-order valence-electron chi connectivity index (χ1n) is 6.15. The first-order valence-corrected chi connectivity index (χ1v) is 6.15. The normalized spacial score (nSPS) is 63.3. The second kappa shape index (κ2) is 2.44. The number of allylic oxidation sites excluding steroid dienone is 1. The van der Waals surface area contributed by atoms with E-state index in [1.165, 1.54) is 25.7 Å². The van der Waals surface area contributed by atoms with E-state index < -0.39 is 0 Å². The number of hydrogen-bond acceptors (Lipinski definition) is 1. The Balaban J connectivity index is 1.63. The fraction of sp³-hybridized carbons (Fsp3) is 0.846. The Labute approximate surface area is 85.5 Å². The van der Waals surface area contributed by atoms with Gasteiger partial charge in [-0.05, 0) is 55.3 Å². The van der Waals surface area contributed by atoms with Gasteiger partial charge in [0.25, 0.3) is 0 Å². The van der Waals surface area contributed by atoms with Crippen LogP contribution in [0.25, 0.3) is 0 Å². The maximum absolute atomic E-state index is 5.68. The molecule has 0 aromatic carbocycles. The Bertz CT molecular complexity index is 285. The molecular weight excluding hydrogens is 172 g/mol. The second-order valence-corrected chi connectivity index (χ2v) is 5.81. The molecule has 76 valence electrons. The molecule has 0 spiro atoms. The highest BCUT2D eigenvalue weighted by Crippen LogP contribution is 2.62. The van der Waals surface area contributed by atoms with Crippen LogP contribution in [0.5, 0.6) is 0 Å². The minimum atomic E-state index is 0.668. The lowest BCUT2D eigenvalue weighted by atomic mass is 9.67. The predicted octanol–water partition coefficient (Wildman–Crippen LogP) is 2.62. The number of fused-ring (bicyclic) bond motifs is 6. The Morgan fingerprint density at radius 1 is 0.929 bits per heavy atom. The Kier molecular flexibility index (Phi) is 1.38. The number of rotatable bonds is 1. The van der Waals surface area contributed by atoms with Crippen molar-refractivity contribution < 1.29 is 4.74 Å². The van der Waals surface area contributed by atoms with Crippen LogP contribution in [-0.4, -0.2) is 12.2 Å². The van der Waals surface area contributed by atoms with Gasteiger partial charge >= 0.3 is 0 Å². The van der Waals surface area contributed by atoms with Crippen LogP contribution in [0.4, 0.5) is 0 Å². The van der Waals surface area contributed by atoms with E-state index in [1.54, 1.807) is 0 Å². The fourth-order valence-electron chi connectivity index (χ4n) is 4.77. The average Bonchev–Trinajstić information content (AvgIpc) is 2.72. The molecule has 3 saturated carbocycles. The van der Waals surface area contributed by atoms with Gasteiger partial charge in [-0.3, -0.25) is 0 Å². The molecule has 2 bridgehead atoms. The highest BCUT2D eigenvalue weighted by Gasteiger charge is 2.59. The molecule has 2 unspecified atom stereocenters. The van der Waals surface area contributed by atoms with Gasteiger partial charge < -0.3 is 4.74 Å². The summed E-state index contributed by atoms with van der Waals surface area (Å²) >= 11 is 0. The minimum Gasteiger partial charge on any atom is -0.370 e. The Hall–Kier alpha value is -0.300. The largest absolute Gasteiger partial charge is 0.370 e. The Morgan fingerprint density at radius 2 is 1.71 bits per heavy atom. The van der Waals surface area contributed by atoms with E-state index in [0.29, 0.717) is 12.2 Å². The SMILES string of the molecule is C=C[C@@H]1C[C@H]2C[C@@H]1C1C[C@H]3O[C@H]3CC12. The van der Waals surface area contributed by atoms with Crippen LogP contribution in [0, 0.1) is 29.6 Å². The molecule has 1 heterocycles. The van der Waals surface area contributed by atoms with Crippen LogP contribution in [0.3, 0.4) is 0 Å². The van der Waals surface area contributed by atoms with Crippen molar-refractivity contribution in [2.24, 2.45) is 29.6 Å². The van der Waals surface area contributed by atoms with Crippen LogP contribution >= 0.6 is 0 Å². The lowest BCUT2D eigenvalue weighted by Crippen LogP contribution is -2.32. The first kappa shape index (κ1) is 7.92. The van der Waals surface area contributed by atoms with Gasteiger partial charge in [-0.1, -0.05) is 6.08 Å². The maximum atomic E-state index is 5.68. The lowest BCUT2D eigenvalue weighted by molar-refractivity contribution is 0.148. The molecule has 0 N–H and O–H groups in total. The van der Waals surface area contributed by atoms with Crippen molar-refractivity contribution in [3.63, 3.8) is 0 Å². The summed E-state index contributed by atoms with van der Waals surface area (Å²) in [7, 11) is 0. The van der Waals surface area contributed by atoms with Crippen LogP contribution in [0.2, 0.25) is 0 Å². The van der Waals surface area contributed by atoms with Crippen LogP contribution in [0.15, 0.2) is 12.7 Å². The van der Waals surface area contributed by atoms with Gasteiger partial charge in [-0.2, -0.15) is 0 Å². The number of ether oxygens (including phenoxy) is 1. The zero-order valence-electron chi connectivity index (χ0n) is 8.56. The topological polar surface area (TPSA) is 12.5 Å². The summed E-state index contributed by atoms with van der Waals surface area (Å²) in [5, 5.41) is 0. The molecule has 14 heavy (non-hydrogen) atoms. The van der Waals surface area contributed by atoms with Crippen LogP contribution < -0.4 is 0 Å². The van der Waals surface area contributed by atoms with E-state index in [4.69, 9.17) is 4.74 Å². The predicted molar refractivity (Wildman–Crippen MR) is 54.8 cm³/mol. The molecule has 1 saturated heterocycles. The van der Waals surface area contributed by atoms with E-state index in [-0.39, 0.29) is 0 Å². The molecule has 3 aliphatic carbocycles. The van der Waals surface area contributed by atoms with E-state index in [1.807, 2.05) is 0 Å². The lowest BCUT2D eigenvalue weighted by Gasteiger charge is -2.36. The summed E-state index contributed by atoms with van der Waals surface area (Å²) < 4.78 is 5.68. The van der Waals surface area contributed by atoms with Crippen molar-refractivity contribution in [3.8, 4) is 0 Å². The zero-order valence-corrected chi connectivity index (χ0v) is 8.56. The van der Waals surface area contributed by atoms with E-state index >= 15 is 0 Å². The third-order valence-electron chi connectivity index (χ3n) is 5.40. The van der Waals surface area contributed by atoms with Crippen molar-refractivity contribution in [2.75, 3.05) is 0 Å². The molecule has 1 heteroatoms. The monoisotopic (exact) mass is 190 g/mol. The third-order valence-corrected chi connectivity index (χ3v) is 5.40. The quantitative estimate of drug-likeness (QED) is 0.457. The summed E-state index contributed by atoms with van der Waals surface area (Å²) in [6, 6.07) is 0. The molecule has 0 aromatic rings. The average molecular weight is 190 g/mol. The molecule has 0 aromatic heterocycles. The number of hydrogen-bond donors (Lipinski definition) is 0. The standard InChI is InChI=1S/C13H18O/c1-2-7-3-8-4-9(7)11-6-13-12(14-13)5-10(8)11/h2,7-13H,1,3-6H2/t7-,8+,9+,10?,11?,12+,13-/m1/s1. The van der Waals surface area contributed by atoms with Crippen LogP contribution in [0.1, 0.15) is 25.7 Å². The van der Waals surface area contributed by atoms with Gasteiger partial charge in [-0.15, -0.1) is 6.58 Å². The third kappa shape index (κ3) is 0.850. The van der Waals surface area contributed by atoms with Gasteiger partial charge in [0.15, 0.2) is 0 Å². The van der Waals surface area contributed by atoms with Gasteiger partial charge in [-0.25, -0.2) is 0 Å². The van der Waals surface area contributed by atoms with Crippen molar-refractivity contribution in [3.05, 3.63) is 12.7 Å². The first-order chi connectivity index (χ1) is 6.86. The fourth-order valence-corrected chi connectivity index (χ4v) is 4.77. The van der Waals surface area contributed by atoms with Gasteiger partial charge in [0.2, 0.25) is 0 Å². The van der Waals surface area contributed by atoms with Gasteiger partial charge in [0, 0.05) is 0 Å². The summed E-state index contributed by atoms with van der Waals surface area (Å²) in [5.41, 5.74) is 0. The zero-order chi connectivity index (χ0) is 9.28. The highest BCUT2D eigenvalue weighted by atomic mass is 16.6. The minimum absolute atomic E-state index is 0.668. The highest BCUT2D eigenvalue weighted by molar-refractivity contribution is 5.10.